The summed E-state index contributed by atoms with van der Waals surface area (Å²) in [7, 11) is 1.30. The van der Waals surface area contributed by atoms with Gasteiger partial charge in [0.2, 0.25) is 5.91 Å². The van der Waals surface area contributed by atoms with Crippen LogP contribution in [0.25, 0.3) is 22.1 Å². The molecule has 334 valence electrons. The normalized spacial score (nSPS) is 22.3. The number of imidazole rings is 2. The van der Waals surface area contributed by atoms with E-state index in [9.17, 15) is 19.2 Å². The van der Waals surface area contributed by atoms with Gasteiger partial charge in [0.1, 0.15) is 17.7 Å². The number of primary amides is 1. The molecule has 0 radical (unpaired) electrons. The number of rotatable bonds is 11. The number of alkyl carbamates (subject to hydrolysis) is 1. The van der Waals surface area contributed by atoms with E-state index in [1.54, 1.807) is 4.90 Å². The van der Waals surface area contributed by atoms with Crippen molar-refractivity contribution < 1.29 is 28.7 Å². The number of aromatic nitrogens is 5. The maximum Gasteiger partial charge on any atom is 0.407 e. The Hall–Kier alpha value is -5.71. The fourth-order valence-corrected chi connectivity index (χ4v) is 11.5. The van der Waals surface area contributed by atoms with Crippen LogP contribution in [0, 0.1) is 11.8 Å². The summed E-state index contributed by atoms with van der Waals surface area (Å²) in [5.74, 6) is 0.732. The van der Waals surface area contributed by atoms with Crippen LogP contribution in [0.2, 0.25) is 0 Å². The van der Waals surface area contributed by atoms with Gasteiger partial charge in [-0.2, -0.15) is 0 Å². The van der Waals surface area contributed by atoms with Crippen molar-refractivity contribution in [2.75, 3.05) is 25.1 Å². The third-order valence-corrected chi connectivity index (χ3v) is 14.6. The molecule has 0 saturated carbocycles. The van der Waals surface area contributed by atoms with E-state index in [0.717, 1.165) is 108 Å². The second-order valence-electron chi connectivity index (χ2n) is 18.2. The molecule has 0 bridgehead atoms. The number of thiazole rings is 1. The smallest absolute Gasteiger partial charge is 0.407 e. The van der Waals surface area contributed by atoms with E-state index < -0.39 is 24.3 Å². The molecule has 3 aliphatic heterocycles. The predicted octanol–water partition coefficient (Wildman–Crippen LogP) is 7.68. The van der Waals surface area contributed by atoms with E-state index in [-0.39, 0.29) is 47.8 Å². The molecular weight excluding hydrogens is 821 g/mol. The number of H-pyrrole nitrogens is 2. The molecule has 4 aliphatic rings. The van der Waals surface area contributed by atoms with Crippen LogP contribution < -0.4 is 16.0 Å². The highest BCUT2D eigenvalue weighted by Gasteiger charge is 2.41. The van der Waals surface area contributed by atoms with Gasteiger partial charge in [-0.25, -0.2) is 24.5 Å². The van der Waals surface area contributed by atoms with Gasteiger partial charge >= 0.3 is 12.2 Å². The highest BCUT2D eigenvalue weighted by Crippen LogP contribution is 2.50. The minimum atomic E-state index is -0.958. The zero-order valence-corrected chi connectivity index (χ0v) is 37.5. The van der Waals surface area contributed by atoms with Crippen molar-refractivity contribution in [3.05, 3.63) is 69.7 Å². The van der Waals surface area contributed by atoms with Gasteiger partial charge in [0.25, 0.3) is 5.91 Å². The summed E-state index contributed by atoms with van der Waals surface area (Å²) in [5, 5.41) is 3.78. The number of aryl methyl sites for hydroxylation is 2. The molecule has 0 unspecified atom stereocenters. The molecule has 4 amide bonds. The van der Waals surface area contributed by atoms with Crippen molar-refractivity contribution in [1.82, 2.24) is 40.0 Å². The first-order chi connectivity index (χ1) is 30.4. The van der Waals surface area contributed by atoms with Crippen LogP contribution in [0.1, 0.15) is 137 Å². The summed E-state index contributed by atoms with van der Waals surface area (Å²) in [4.78, 5) is 81.5. The number of hydrogen-bond donors (Lipinski definition) is 4. The lowest BCUT2D eigenvalue weighted by atomic mass is 10.0. The monoisotopic (exact) mass is 878 g/mol. The third-order valence-electron chi connectivity index (χ3n) is 13.4. The first-order valence-electron chi connectivity index (χ1n) is 22.6. The van der Waals surface area contributed by atoms with Crippen LogP contribution in [0.5, 0.6) is 0 Å². The van der Waals surface area contributed by atoms with Gasteiger partial charge in [0, 0.05) is 18.0 Å². The summed E-state index contributed by atoms with van der Waals surface area (Å²) in [6.07, 6.45) is 6.89. The van der Waals surface area contributed by atoms with Gasteiger partial charge in [-0.1, -0.05) is 39.8 Å². The summed E-state index contributed by atoms with van der Waals surface area (Å²) in [6.45, 7) is 8.66. The first kappa shape index (κ1) is 42.6. The van der Waals surface area contributed by atoms with Crippen molar-refractivity contribution in [2.24, 2.45) is 17.6 Å². The molecular formula is C46H58N10O6S. The summed E-state index contributed by atoms with van der Waals surface area (Å²) in [5.41, 5.74) is 12.4. The molecule has 5 N–H and O–H groups in total. The van der Waals surface area contributed by atoms with E-state index in [0.29, 0.717) is 13.1 Å². The molecule has 6 heterocycles. The van der Waals surface area contributed by atoms with Crippen LogP contribution in [0.15, 0.2) is 36.4 Å². The molecule has 3 aromatic heterocycles. The molecule has 17 heteroatoms. The number of carbonyl (C=O) groups is 4. The molecule has 0 spiro atoms. The highest BCUT2D eigenvalue weighted by atomic mass is 32.1. The van der Waals surface area contributed by atoms with Crippen LogP contribution in [0.3, 0.4) is 0 Å². The minimum absolute atomic E-state index is 0.0514. The molecule has 9 rings (SSSR count). The van der Waals surface area contributed by atoms with Crippen LogP contribution >= 0.6 is 11.3 Å². The second kappa shape index (κ2) is 17.5. The zero-order valence-electron chi connectivity index (χ0n) is 36.7. The first-order valence-corrected chi connectivity index (χ1v) is 23.4. The molecule has 63 heavy (non-hydrogen) atoms. The average molecular weight is 879 g/mol. The molecule has 5 aromatic rings. The van der Waals surface area contributed by atoms with E-state index in [1.807, 2.05) is 43.9 Å². The number of anilines is 1. The Morgan fingerprint density at radius 3 is 2.03 bits per heavy atom. The van der Waals surface area contributed by atoms with Crippen molar-refractivity contribution in [2.45, 2.75) is 128 Å². The Bertz CT molecular complexity index is 2510. The minimum Gasteiger partial charge on any atom is -0.453 e. The number of methoxy groups -OCH3 is 1. The number of benzene rings is 2. The van der Waals surface area contributed by atoms with E-state index in [1.165, 1.54) is 24.1 Å². The molecule has 3 fully saturated rings. The fourth-order valence-electron chi connectivity index (χ4n) is 10.3. The quantitative estimate of drug-likeness (QED) is 0.102. The van der Waals surface area contributed by atoms with Gasteiger partial charge in [-0.15, -0.1) is 11.3 Å². The third kappa shape index (κ3) is 8.19. The number of aromatic amines is 2. The topological polar surface area (TPSA) is 205 Å². The van der Waals surface area contributed by atoms with Gasteiger partial charge in [-0.3, -0.25) is 9.59 Å². The lowest BCUT2D eigenvalue weighted by molar-refractivity contribution is -0.143. The Labute approximate surface area is 370 Å². The number of ether oxygens (including phenoxy) is 2. The lowest BCUT2D eigenvalue weighted by Crippen LogP contribution is -2.51. The number of nitrogens with two attached hydrogens (primary N) is 1. The number of carbonyl (C=O) groups excluding carboxylic acids is 4. The SMILES string of the molecule is COC(=O)N[C@H](C(=O)N1CCC[C@H]1c1nc2cc([C@H]3CC[C@H](c4ccc5nc([C@@H]6CCCN6C(=O)[C@@H](OC(N)=O)C(C)C)[nH]c5c4)N3c3nc4c(s3)CCCC4)ccc2[nH]1)C(C)C. The Kier molecular flexibility index (Phi) is 11.8. The van der Waals surface area contributed by atoms with Crippen molar-refractivity contribution in [3.63, 3.8) is 0 Å². The number of nitrogens with zero attached hydrogens (tertiary/aromatic N) is 6. The lowest BCUT2D eigenvalue weighted by Gasteiger charge is -2.31. The number of likely N-dealkylation sites (tertiary alicyclic amines) is 2. The number of hydrogen-bond acceptors (Lipinski definition) is 11. The summed E-state index contributed by atoms with van der Waals surface area (Å²) >= 11 is 1.83. The molecule has 1 aliphatic carbocycles. The maximum absolute atomic E-state index is 13.9. The Balaban J connectivity index is 1.00. The van der Waals surface area contributed by atoms with E-state index >= 15 is 0 Å². The van der Waals surface area contributed by atoms with Crippen LogP contribution in [0.4, 0.5) is 14.7 Å². The van der Waals surface area contributed by atoms with Crippen molar-refractivity contribution in [3.8, 4) is 0 Å². The highest BCUT2D eigenvalue weighted by molar-refractivity contribution is 7.15. The molecule has 6 atom stereocenters. The largest absolute Gasteiger partial charge is 0.453 e. The number of nitrogens with one attached hydrogen (secondary N) is 3. The summed E-state index contributed by atoms with van der Waals surface area (Å²) in [6, 6.07) is 11.8. The Morgan fingerprint density at radius 2 is 1.38 bits per heavy atom. The van der Waals surface area contributed by atoms with E-state index in [2.05, 4.69) is 56.6 Å². The van der Waals surface area contributed by atoms with Crippen LogP contribution in [-0.2, 0) is 31.9 Å². The van der Waals surface area contributed by atoms with Gasteiger partial charge in [0.05, 0.1) is 59.0 Å². The standard InChI is InChI=1S/C46H58N10O6S/c1-24(2)38(53-46(60)61-5)42(57)54-20-8-11-35(54)40-48-28-16-14-26(22-31(28)50-40)33-18-19-34(56(33)45-52-30-10-6-7-13-37(30)63-45)27-15-17-29-32(23-27)51-41(49-29)36-12-9-21-55(36)43(58)39(25(3)4)62-44(47)59/h14-17,22-25,33-36,38-39H,6-13,18-21H2,1-5H3,(H2,47,59)(H,48,50)(H,49,51)(H,53,60)/t33-,34-,35+,36+,38+,39+/m1/s1. The second-order valence-corrected chi connectivity index (χ2v) is 19.3. The maximum atomic E-state index is 13.9. The summed E-state index contributed by atoms with van der Waals surface area (Å²) < 4.78 is 10.1. The molecule has 2 aromatic carbocycles. The van der Waals surface area contributed by atoms with Gasteiger partial charge in [-0.05, 0) is 111 Å². The van der Waals surface area contributed by atoms with Gasteiger partial charge < -0.3 is 45.2 Å². The average Bonchev–Trinajstić information content (AvgIpc) is 4.12. The van der Waals surface area contributed by atoms with Crippen molar-refractivity contribution in [1.29, 1.82) is 0 Å². The van der Waals surface area contributed by atoms with Crippen LogP contribution in [-0.4, -0.2) is 91.1 Å². The van der Waals surface area contributed by atoms with Gasteiger partial charge in [0.15, 0.2) is 11.2 Å². The number of fused-ring (bicyclic) bond motifs is 3. The molecule has 16 nitrogen and oxygen atoms in total. The van der Waals surface area contributed by atoms with E-state index in [4.69, 9.17) is 30.2 Å². The fraction of sp³-hybridized carbons (Fsp3) is 0.543. The zero-order chi connectivity index (χ0) is 44.1. The number of amides is 4. The predicted molar refractivity (Wildman–Crippen MR) is 239 cm³/mol. The molecule has 3 saturated heterocycles. The van der Waals surface area contributed by atoms with Crippen molar-refractivity contribution >= 4 is 62.5 Å². The Morgan fingerprint density at radius 1 is 0.746 bits per heavy atom.